The number of urea groups is 1. The average molecular weight is 341 g/mol. The Morgan fingerprint density at radius 1 is 1.20 bits per heavy atom. The van der Waals surface area contributed by atoms with Crippen molar-refractivity contribution in [1.82, 2.24) is 5.32 Å². The quantitative estimate of drug-likeness (QED) is 0.899. The summed E-state index contributed by atoms with van der Waals surface area (Å²) in [5, 5.41) is 5.63. The lowest BCUT2D eigenvalue weighted by Crippen LogP contribution is -2.39. The predicted octanol–water partition coefficient (Wildman–Crippen LogP) is 3.37. The summed E-state index contributed by atoms with van der Waals surface area (Å²) < 4.78 is 13.3. The highest BCUT2D eigenvalue weighted by atomic mass is 19.1. The van der Waals surface area contributed by atoms with E-state index in [-0.39, 0.29) is 24.4 Å². The minimum absolute atomic E-state index is 0.136. The third-order valence-corrected chi connectivity index (χ3v) is 4.43. The summed E-state index contributed by atoms with van der Waals surface area (Å²) >= 11 is 0. The molecule has 0 spiro atoms. The normalized spacial score (nSPS) is 16.8. The van der Waals surface area contributed by atoms with Crippen molar-refractivity contribution in [1.29, 1.82) is 0 Å². The van der Waals surface area contributed by atoms with E-state index < -0.39 is 5.82 Å². The Hall–Kier alpha value is -2.89. The van der Waals surface area contributed by atoms with Crippen LogP contribution in [0.1, 0.15) is 17.5 Å². The molecule has 5 nitrogen and oxygen atoms in total. The molecule has 1 aliphatic heterocycles. The Balaban J connectivity index is 1.63. The van der Waals surface area contributed by atoms with E-state index in [0.29, 0.717) is 12.2 Å². The van der Waals surface area contributed by atoms with E-state index in [2.05, 4.69) is 10.6 Å². The number of nitrogens with one attached hydrogen (secondary N) is 2. The van der Waals surface area contributed by atoms with Crippen LogP contribution in [0, 0.1) is 19.7 Å². The van der Waals surface area contributed by atoms with Crippen LogP contribution in [0.3, 0.4) is 0 Å². The second-order valence-electron chi connectivity index (χ2n) is 6.23. The average Bonchev–Trinajstić information content (AvgIpc) is 2.92. The van der Waals surface area contributed by atoms with Crippen molar-refractivity contribution in [2.24, 2.45) is 0 Å². The molecule has 25 heavy (non-hydrogen) atoms. The lowest BCUT2D eigenvalue weighted by atomic mass is 10.1. The van der Waals surface area contributed by atoms with Crippen LogP contribution in [0.15, 0.2) is 42.5 Å². The standard InChI is InChI=1S/C19H20FN3O2/c1-12-5-3-8-17(13(12)2)22-19(25)21-15-10-18(24)23(11-15)16-7-4-6-14(20)9-16/h3-9,15H,10-11H2,1-2H3,(H2,21,22,25)/t15-/m1/s1. The van der Waals surface area contributed by atoms with Gasteiger partial charge in [0.2, 0.25) is 5.91 Å². The summed E-state index contributed by atoms with van der Waals surface area (Å²) in [6.45, 7) is 4.24. The molecule has 1 fully saturated rings. The first kappa shape index (κ1) is 17.0. The van der Waals surface area contributed by atoms with E-state index in [0.717, 1.165) is 16.8 Å². The Labute approximate surface area is 145 Å². The van der Waals surface area contributed by atoms with Gasteiger partial charge in [0.05, 0.1) is 6.04 Å². The zero-order valence-electron chi connectivity index (χ0n) is 14.2. The monoisotopic (exact) mass is 341 g/mol. The lowest BCUT2D eigenvalue weighted by Gasteiger charge is -2.18. The fourth-order valence-corrected chi connectivity index (χ4v) is 2.93. The number of anilines is 2. The number of hydrogen-bond acceptors (Lipinski definition) is 2. The Morgan fingerprint density at radius 2 is 1.96 bits per heavy atom. The molecule has 1 atom stereocenters. The lowest BCUT2D eigenvalue weighted by molar-refractivity contribution is -0.117. The first-order valence-corrected chi connectivity index (χ1v) is 8.13. The van der Waals surface area contributed by atoms with Crippen LogP contribution in [0.4, 0.5) is 20.6 Å². The number of nitrogens with zero attached hydrogens (tertiary/aromatic N) is 1. The summed E-state index contributed by atoms with van der Waals surface area (Å²) in [6, 6.07) is 10.9. The third-order valence-electron chi connectivity index (χ3n) is 4.43. The molecule has 2 aromatic carbocycles. The molecule has 0 unspecified atom stereocenters. The van der Waals surface area contributed by atoms with Gasteiger partial charge in [0.25, 0.3) is 0 Å². The SMILES string of the molecule is Cc1cccc(NC(=O)N[C@@H]2CC(=O)N(c3cccc(F)c3)C2)c1C. The largest absolute Gasteiger partial charge is 0.333 e. The van der Waals surface area contributed by atoms with E-state index in [4.69, 9.17) is 0 Å². The summed E-state index contributed by atoms with van der Waals surface area (Å²) in [5.74, 6) is -0.531. The zero-order valence-corrected chi connectivity index (χ0v) is 14.2. The molecule has 6 heteroatoms. The Morgan fingerprint density at radius 3 is 2.72 bits per heavy atom. The maximum Gasteiger partial charge on any atom is 0.319 e. The number of amides is 3. The van der Waals surface area contributed by atoms with E-state index in [1.54, 1.807) is 12.1 Å². The van der Waals surface area contributed by atoms with Crippen LogP contribution < -0.4 is 15.5 Å². The topological polar surface area (TPSA) is 61.4 Å². The highest BCUT2D eigenvalue weighted by Crippen LogP contribution is 2.23. The molecule has 0 bridgehead atoms. The van der Waals surface area contributed by atoms with Gasteiger partial charge >= 0.3 is 6.03 Å². The van der Waals surface area contributed by atoms with Gasteiger partial charge in [-0.25, -0.2) is 9.18 Å². The second-order valence-corrected chi connectivity index (χ2v) is 6.23. The van der Waals surface area contributed by atoms with Crippen LogP contribution in [0.2, 0.25) is 0 Å². The summed E-state index contributed by atoms with van der Waals surface area (Å²) in [4.78, 5) is 25.9. The molecule has 1 saturated heterocycles. The van der Waals surface area contributed by atoms with Gasteiger partial charge in [-0.1, -0.05) is 18.2 Å². The van der Waals surface area contributed by atoms with Crippen molar-refractivity contribution in [2.75, 3.05) is 16.8 Å². The van der Waals surface area contributed by atoms with Crippen molar-refractivity contribution in [3.05, 3.63) is 59.4 Å². The number of rotatable bonds is 3. The van der Waals surface area contributed by atoms with E-state index in [1.807, 2.05) is 32.0 Å². The van der Waals surface area contributed by atoms with E-state index in [9.17, 15) is 14.0 Å². The fourth-order valence-electron chi connectivity index (χ4n) is 2.93. The summed E-state index contributed by atoms with van der Waals surface area (Å²) in [5.41, 5.74) is 3.33. The van der Waals surface area contributed by atoms with Gasteiger partial charge in [0, 0.05) is 24.3 Å². The van der Waals surface area contributed by atoms with E-state index >= 15 is 0 Å². The van der Waals surface area contributed by atoms with Crippen LogP contribution in [-0.4, -0.2) is 24.5 Å². The molecule has 0 radical (unpaired) electrons. The van der Waals surface area contributed by atoms with Gasteiger partial charge in [-0.05, 0) is 49.2 Å². The van der Waals surface area contributed by atoms with Gasteiger partial charge in [-0.3, -0.25) is 4.79 Å². The molecule has 0 saturated carbocycles. The zero-order chi connectivity index (χ0) is 18.0. The minimum Gasteiger partial charge on any atom is -0.333 e. The molecule has 3 amide bonds. The maximum atomic E-state index is 13.3. The smallest absolute Gasteiger partial charge is 0.319 e. The van der Waals surface area contributed by atoms with Gasteiger partial charge in [0.1, 0.15) is 5.82 Å². The van der Waals surface area contributed by atoms with Crippen molar-refractivity contribution < 1.29 is 14.0 Å². The first-order chi connectivity index (χ1) is 11.9. The molecule has 1 heterocycles. The molecule has 3 rings (SSSR count). The molecule has 2 N–H and O–H groups in total. The van der Waals surface area contributed by atoms with Gasteiger partial charge < -0.3 is 15.5 Å². The molecule has 0 aromatic heterocycles. The van der Waals surface area contributed by atoms with Crippen molar-refractivity contribution >= 4 is 23.3 Å². The van der Waals surface area contributed by atoms with Gasteiger partial charge in [-0.15, -0.1) is 0 Å². The second kappa shape index (κ2) is 6.93. The molecular formula is C19H20FN3O2. The number of carbonyl (C=O) groups is 2. The predicted molar refractivity (Wildman–Crippen MR) is 95.2 cm³/mol. The highest BCUT2D eigenvalue weighted by molar-refractivity contribution is 5.97. The molecule has 130 valence electrons. The number of aryl methyl sites for hydroxylation is 1. The minimum atomic E-state index is -0.394. The number of benzene rings is 2. The van der Waals surface area contributed by atoms with Crippen molar-refractivity contribution in [2.45, 2.75) is 26.3 Å². The van der Waals surface area contributed by atoms with Crippen LogP contribution >= 0.6 is 0 Å². The van der Waals surface area contributed by atoms with E-state index in [1.165, 1.54) is 17.0 Å². The highest BCUT2D eigenvalue weighted by Gasteiger charge is 2.31. The van der Waals surface area contributed by atoms with Crippen molar-refractivity contribution in [3.8, 4) is 0 Å². The number of hydrogen-bond donors (Lipinski definition) is 2. The Bertz CT molecular complexity index is 822. The first-order valence-electron chi connectivity index (χ1n) is 8.13. The number of halogens is 1. The van der Waals surface area contributed by atoms with Gasteiger partial charge in [0.15, 0.2) is 0 Å². The maximum absolute atomic E-state index is 13.3. The molecule has 0 aliphatic carbocycles. The number of carbonyl (C=O) groups excluding carboxylic acids is 2. The Kier molecular flexibility index (Phi) is 4.70. The van der Waals surface area contributed by atoms with Crippen LogP contribution in [0.25, 0.3) is 0 Å². The third kappa shape index (κ3) is 3.79. The van der Waals surface area contributed by atoms with Crippen molar-refractivity contribution in [3.63, 3.8) is 0 Å². The molecular weight excluding hydrogens is 321 g/mol. The van der Waals surface area contributed by atoms with Crippen LogP contribution in [-0.2, 0) is 4.79 Å². The van der Waals surface area contributed by atoms with Crippen LogP contribution in [0.5, 0.6) is 0 Å². The molecule has 2 aromatic rings. The summed E-state index contributed by atoms with van der Waals surface area (Å²) in [6.07, 6.45) is 0.191. The molecule has 1 aliphatic rings. The fraction of sp³-hybridized carbons (Fsp3) is 0.263. The van der Waals surface area contributed by atoms with Gasteiger partial charge in [-0.2, -0.15) is 0 Å². The summed E-state index contributed by atoms with van der Waals surface area (Å²) in [7, 11) is 0.